The van der Waals surface area contributed by atoms with Gasteiger partial charge >= 0.3 is 5.97 Å². The van der Waals surface area contributed by atoms with Gasteiger partial charge in [0.1, 0.15) is 6.04 Å². The van der Waals surface area contributed by atoms with Gasteiger partial charge in [-0.15, -0.1) is 0 Å². The lowest BCUT2D eigenvalue weighted by atomic mass is 10.2. The largest absolute Gasteiger partial charge is 0.480 e. The Morgan fingerprint density at radius 3 is 2.29 bits per heavy atom. The molecule has 6 heteroatoms. The summed E-state index contributed by atoms with van der Waals surface area (Å²) >= 11 is 0. The van der Waals surface area contributed by atoms with Crippen molar-refractivity contribution in [1.82, 2.24) is 10.6 Å². The first-order valence-electron chi connectivity index (χ1n) is 5.76. The van der Waals surface area contributed by atoms with E-state index in [0.29, 0.717) is 6.54 Å². The first kappa shape index (κ1) is 15.4. The van der Waals surface area contributed by atoms with Crippen LogP contribution < -0.4 is 10.6 Å². The fourth-order valence-corrected chi connectivity index (χ4v) is 1.10. The molecule has 1 atom stereocenters. The second-order valence-electron chi connectivity index (χ2n) is 3.83. The number of aliphatic carboxylic acids is 1. The Morgan fingerprint density at radius 2 is 1.76 bits per heavy atom. The molecule has 17 heavy (non-hydrogen) atoms. The lowest BCUT2D eigenvalue weighted by molar-refractivity contribution is -0.141. The molecule has 1 unspecified atom stereocenters. The molecule has 0 aliphatic heterocycles. The Labute approximate surface area is 101 Å². The minimum atomic E-state index is -1.09. The summed E-state index contributed by atoms with van der Waals surface area (Å²) in [6.45, 7) is 4.01. The van der Waals surface area contributed by atoms with E-state index < -0.39 is 17.9 Å². The van der Waals surface area contributed by atoms with E-state index in [-0.39, 0.29) is 18.7 Å². The first-order valence-corrected chi connectivity index (χ1v) is 5.76. The Kier molecular flexibility index (Phi) is 7.75. The molecule has 0 spiro atoms. The SMILES string of the molecule is CCCCNC(=O)CCC(=O)NC(C)C(=O)O. The molecule has 0 aromatic carbocycles. The molecule has 0 aliphatic carbocycles. The number of rotatable bonds is 8. The number of amides is 2. The Hall–Kier alpha value is -1.59. The first-order chi connectivity index (χ1) is 7.97. The summed E-state index contributed by atoms with van der Waals surface area (Å²) in [5.41, 5.74) is 0. The van der Waals surface area contributed by atoms with Gasteiger partial charge in [0.05, 0.1) is 0 Å². The molecular weight excluding hydrogens is 224 g/mol. The second kappa shape index (κ2) is 8.55. The van der Waals surface area contributed by atoms with Gasteiger partial charge in [0.15, 0.2) is 0 Å². The molecule has 0 saturated heterocycles. The zero-order chi connectivity index (χ0) is 13.3. The van der Waals surface area contributed by atoms with Crippen molar-refractivity contribution in [1.29, 1.82) is 0 Å². The monoisotopic (exact) mass is 244 g/mol. The molecule has 6 nitrogen and oxygen atoms in total. The molecule has 0 heterocycles. The third kappa shape index (κ3) is 8.24. The number of carbonyl (C=O) groups is 3. The molecule has 0 fully saturated rings. The standard InChI is InChI=1S/C11H20N2O4/c1-3-4-7-12-9(14)5-6-10(15)13-8(2)11(16)17/h8H,3-7H2,1-2H3,(H,12,14)(H,13,15)(H,16,17). The minimum absolute atomic E-state index is 0.00950. The highest BCUT2D eigenvalue weighted by Crippen LogP contribution is 1.92. The average molecular weight is 244 g/mol. The van der Waals surface area contributed by atoms with Gasteiger partial charge in [0.2, 0.25) is 11.8 Å². The van der Waals surface area contributed by atoms with Crippen molar-refractivity contribution in [3.63, 3.8) is 0 Å². The maximum absolute atomic E-state index is 11.2. The predicted molar refractivity (Wildman–Crippen MR) is 62.4 cm³/mol. The molecule has 0 rings (SSSR count). The third-order valence-electron chi connectivity index (χ3n) is 2.18. The summed E-state index contributed by atoms with van der Waals surface area (Å²) in [5, 5.41) is 13.5. The topological polar surface area (TPSA) is 95.5 Å². The van der Waals surface area contributed by atoms with Crippen LogP contribution >= 0.6 is 0 Å². The Balaban J connectivity index is 3.69. The van der Waals surface area contributed by atoms with Crippen LogP contribution in [0.3, 0.4) is 0 Å². The zero-order valence-corrected chi connectivity index (χ0v) is 10.3. The normalized spacial score (nSPS) is 11.6. The summed E-state index contributed by atoms with van der Waals surface area (Å²) in [7, 11) is 0. The van der Waals surface area contributed by atoms with Gasteiger partial charge in [-0.1, -0.05) is 13.3 Å². The maximum atomic E-state index is 11.2. The van der Waals surface area contributed by atoms with Crippen LogP contribution in [0, 0.1) is 0 Å². The van der Waals surface area contributed by atoms with Gasteiger partial charge in [-0.2, -0.15) is 0 Å². The molecule has 0 aromatic rings. The van der Waals surface area contributed by atoms with Crippen molar-refractivity contribution in [2.75, 3.05) is 6.54 Å². The lowest BCUT2D eigenvalue weighted by Gasteiger charge is -2.09. The van der Waals surface area contributed by atoms with Crippen LogP contribution in [0.1, 0.15) is 39.5 Å². The van der Waals surface area contributed by atoms with E-state index in [4.69, 9.17) is 5.11 Å². The molecule has 0 radical (unpaired) electrons. The van der Waals surface area contributed by atoms with Gasteiger partial charge in [-0.3, -0.25) is 14.4 Å². The molecule has 0 aromatic heterocycles. The minimum Gasteiger partial charge on any atom is -0.480 e. The highest BCUT2D eigenvalue weighted by molar-refractivity contribution is 5.86. The highest BCUT2D eigenvalue weighted by Gasteiger charge is 2.14. The van der Waals surface area contributed by atoms with E-state index >= 15 is 0 Å². The second-order valence-corrected chi connectivity index (χ2v) is 3.83. The van der Waals surface area contributed by atoms with Crippen LogP contribution in [0.4, 0.5) is 0 Å². The smallest absolute Gasteiger partial charge is 0.325 e. The van der Waals surface area contributed by atoms with Crippen LogP contribution in [0.25, 0.3) is 0 Å². The number of carbonyl (C=O) groups excluding carboxylic acids is 2. The lowest BCUT2D eigenvalue weighted by Crippen LogP contribution is -2.38. The van der Waals surface area contributed by atoms with Crippen LogP contribution in [0.5, 0.6) is 0 Å². The molecular formula is C11H20N2O4. The molecule has 0 bridgehead atoms. The van der Waals surface area contributed by atoms with Gasteiger partial charge in [0, 0.05) is 19.4 Å². The number of hydrogen-bond acceptors (Lipinski definition) is 3. The van der Waals surface area contributed by atoms with Crippen molar-refractivity contribution in [3.05, 3.63) is 0 Å². The molecule has 2 amide bonds. The summed E-state index contributed by atoms with van der Waals surface area (Å²) in [5.74, 6) is -1.70. The maximum Gasteiger partial charge on any atom is 0.325 e. The summed E-state index contributed by atoms with van der Waals surface area (Å²) in [6.07, 6.45) is 2.00. The Morgan fingerprint density at radius 1 is 1.18 bits per heavy atom. The van der Waals surface area contributed by atoms with Gasteiger partial charge in [-0.05, 0) is 13.3 Å². The van der Waals surface area contributed by atoms with Gasteiger partial charge in [0.25, 0.3) is 0 Å². The van der Waals surface area contributed by atoms with Crippen LogP contribution in [-0.4, -0.2) is 35.5 Å². The summed E-state index contributed by atoms with van der Waals surface area (Å²) in [6, 6.07) is -0.925. The molecule has 3 N–H and O–H groups in total. The summed E-state index contributed by atoms with van der Waals surface area (Å²) in [4.78, 5) is 32.9. The Bertz CT molecular complexity index is 279. The van der Waals surface area contributed by atoms with Gasteiger partial charge < -0.3 is 15.7 Å². The zero-order valence-electron chi connectivity index (χ0n) is 10.3. The molecule has 98 valence electrons. The highest BCUT2D eigenvalue weighted by atomic mass is 16.4. The van der Waals surface area contributed by atoms with E-state index in [2.05, 4.69) is 10.6 Å². The van der Waals surface area contributed by atoms with Crippen molar-refractivity contribution >= 4 is 17.8 Å². The van der Waals surface area contributed by atoms with Crippen molar-refractivity contribution < 1.29 is 19.5 Å². The number of carboxylic acids is 1. The number of hydrogen-bond donors (Lipinski definition) is 3. The van der Waals surface area contributed by atoms with E-state index in [0.717, 1.165) is 12.8 Å². The van der Waals surface area contributed by atoms with E-state index in [9.17, 15) is 14.4 Å². The van der Waals surface area contributed by atoms with Crippen molar-refractivity contribution in [3.8, 4) is 0 Å². The van der Waals surface area contributed by atoms with E-state index in [1.54, 1.807) is 0 Å². The van der Waals surface area contributed by atoms with E-state index in [1.807, 2.05) is 6.92 Å². The average Bonchev–Trinajstić information content (AvgIpc) is 2.26. The number of unbranched alkanes of at least 4 members (excludes halogenated alkanes) is 1. The fraction of sp³-hybridized carbons (Fsp3) is 0.727. The van der Waals surface area contributed by atoms with Crippen LogP contribution in [-0.2, 0) is 14.4 Å². The molecule has 0 aliphatic rings. The van der Waals surface area contributed by atoms with Crippen molar-refractivity contribution in [2.45, 2.75) is 45.6 Å². The van der Waals surface area contributed by atoms with Crippen LogP contribution in [0.2, 0.25) is 0 Å². The summed E-state index contributed by atoms with van der Waals surface area (Å²) < 4.78 is 0. The number of carboxylic acid groups (broad SMARTS) is 1. The molecule has 0 saturated carbocycles. The fourth-order valence-electron chi connectivity index (χ4n) is 1.10. The van der Waals surface area contributed by atoms with Crippen molar-refractivity contribution in [2.24, 2.45) is 0 Å². The van der Waals surface area contributed by atoms with E-state index in [1.165, 1.54) is 6.92 Å². The predicted octanol–water partition coefficient (Wildman–Crippen LogP) is 0.272. The number of nitrogens with one attached hydrogen (secondary N) is 2. The van der Waals surface area contributed by atoms with Crippen LogP contribution in [0.15, 0.2) is 0 Å². The quantitative estimate of drug-likeness (QED) is 0.534. The van der Waals surface area contributed by atoms with Gasteiger partial charge in [-0.25, -0.2) is 0 Å². The third-order valence-corrected chi connectivity index (χ3v) is 2.18.